The highest BCUT2D eigenvalue weighted by Crippen LogP contribution is 2.22. The number of rotatable bonds is 2. The summed E-state index contributed by atoms with van der Waals surface area (Å²) in [5, 5.41) is 0. The first-order valence-electron chi connectivity index (χ1n) is 9.71. The Morgan fingerprint density at radius 1 is 1.15 bits per heavy atom. The zero-order valence-corrected chi connectivity index (χ0v) is 16.6. The average molecular weight is 361 g/mol. The fraction of sp³-hybridized carbons (Fsp3) is 0.700. The molecule has 0 aromatic carbocycles. The standard InChI is InChI=1S/C20H32N4O2/c1-16-7-8-18(21-14-16)24-9-5-6-17(15-24)22-10-12-23(13-11-22)19(25)26-20(2,3)4/h7-8,14,17H,5-6,9-13,15H2,1-4H3. The Morgan fingerprint density at radius 2 is 1.88 bits per heavy atom. The van der Waals surface area contributed by atoms with Crippen molar-refractivity contribution in [2.24, 2.45) is 0 Å². The average Bonchev–Trinajstić information content (AvgIpc) is 2.61. The van der Waals surface area contributed by atoms with Crippen molar-refractivity contribution in [2.45, 2.75) is 52.2 Å². The molecule has 1 atom stereocenters. The Labute approximate surface area is 157 Å². The van der Waals surface area contributed by atoms with Crippen molar-refractivity contribution < 1.29 is 9.53 Å². The van der Waals surface area contributed by atoms with Crippen LogP contribution in [0.5, 0.6) is 0 Å². The van der Waals surface area contributed by atoms with Crippen LogP contribution < -0.4 is 4.90 Å². The number of piperidine rings is 1. The number of aromatic nitrogens is 1. The maximum atomic E-state index is 12.2. The van der Waals surface area contributed by atoms with E-state index in [0.29, 0.717) is 6.04 Å². The van der Waals surface area contributed by atoms with E-state index >= 15 is 0 Å². The molecule has 6 heteroatoms. The van der Waals surface area contributed by atoms with Gasteiger partial charge in [-0.15, -0.1) is 0 Å². The maximum Gasteiger partial charge on any atom is 0.410 e. The molecule has 0 bridgehead atoms. The smallest absolute Gasteiger partial charge is 0.410 e. The lowest BCUT2D eigenvalue weighted by Gasteiger charge is -2.43. The molecule has 3 rings (SSSR count). The van der Waals surface area contributed by atoms with E-state index in [4.69, 9.17) is 4.74 Å². The Morgan fingerprint density at radius 3 is 2.50 bits per heavy atom. The van der Waals surface area contributed by atoms with Gasteiger partial charge < -0.3 is 14.5 Å². The molecule has 144 valence electrons. The second kappa shape index (κ2) is 7.82. The summed E-state index contributed by atoms with van der Waals surface area (Å²) in [7, 11) is 0. The highest BCUT2D eigenvalue weighted by molar-refractivity contribution is 5.68. The monoisotopic (exact) mass is 360 g/mol. The van der Waals surface area contributed by atoms with Gasteiger partial charge in [-0.05, 0) is 52.2 Å². The van der Waals surface area contributed by atoms with Crippen molar-refractivity contribution in [3.63, 3.8) is 0 Å². The fourth-order valence-electron chi connectivity index (χ4n) is 3.70. The van der Waals surface area contributed by atoms with E-state index in [2.05, 4.69) is 33.8 Å². The van der Waals surface area contributed by atoms with Crippen LogP contribution in [0.3, 0.4) is 0 Å². The summed E-state index contributed by atoms with van der Waals surface area (Å²) in [5.41, 5.74) is 0.764. The van der Waals surface area contributed by atoms with Gasteiger partial charge in [0.15, 0.2) is 0 Å². The van der Waals surface area contributed by atoms with Gasteiger partial charge >= 0.3 is 6.09 Å². The maximum absolute atomic E-state index is 12.2. The highest BCUT2D eigenvalue weighted by atomic mass is 16.6. The summed E-state index contributed by atoms with van der Waals surface area (Å²) < 4.78 is 5.49. The van der Waals surface area contributed by atoms with Crippen LogP contribution >= 0.6 is 0 Å². The second-order valence-electron chi connectivity index (χ2n) is 8.44. The minimum absolute atomic E-state index is 0.189. The lowest BCUT2D eigenvalue weighted by atomic mass is 10.0. The molecule has 3 heterocycles. The van der Waals surface area contributed by atoms with Crippen LogP contribution in [0.25, 0.3) is 0 Å². The molecule has 0 radical (unpaired) electrons. The molecular weight excluding hydrogens is 328 g/mol. The number of ether oxygens (including phenoxy) is 1. The van der Waals surface area contributed by atoms with Gasteiger partial charge in [0.05, 0.1) is 0 Å². The zero-order chi connectivity index (χ0) is 18.7. The first kappa shape index (κ1) is 19.0. The van der Waals surface area contributed by atoms with E-state index in [1.807, 2.05) is 31.9 Å². The second-order valence-corrected chi connectivity index (χ2v) is 8.44. The summed E-state index contributed by atoms with van der Waals surface area (Å²) >= 11 is 0. The van der Waals surface area contributed by atoms with Crippen molar-refractivity contribution in [3.05, 3.63) is 23.9 Å². The molecule has 1 unspecified atom stereocenters. The zero-order valence-electron chi connectivity index (χ0n) is 16.6. The topological polar surface area (TPSA) is 48.9 Å². The minimum Gasteiger partial charge on any atom is -0.444 e. The van der Waals surface area contributed by atoms with Crippen molar-refractivity contribution in [1.29, 1.82) is 0 Å². The Bertz CT molecular complexity index is 603. The molecule has 0 N–H and O–H groups in total. The number of amides is 1. The van der Waals surface area contributed by atoms with Crippen LogP contribution in [0.1, 0.15) is 39.2 Å². The van der Waals surface area contributed by atoms with E-state index in [-0.39, 0.29) is 6.09 Å². The highest BCUT2D eigenvalue weighted by Gasteiger charge is 2.31. The molecule has 2 aliphatic heterocycles. The van der Waals surface area contributed by atoms with Crippen LogP contribution in [-0.2, 0) is 4.74 Å². The summed E-state index contributed by atoms with van der Waals surface area (Å²) in [6, 6.07) is 4.79. The van der Waals surface area contributed by atoms with Crippen LogP contribution in [0.15, 0.2) is 18.3 Å². The predicted octanol–water partition coefficient (Wildman–Crippen LogP) is 2.91. The van der Waals surface area contributed by atoms with Crippen molar-refractivity contribution in [3.8, 4) is 0 Å². The fourth-order valence-corrected chi connectivity index (χ4v) is 3.70. The number of carbonyl (C=O) groups excluding carboxylic acids is 1. The number of piperazine rings is 1. The first-order chi connectivity index (χ1) is 12.3. The summed E-state index contributed by atoms with van der Waals surface area (Å²) in [6.07, 6.45) is 4.16. The van der Waals surface area contributed by atoms with Crippen molar-refractivity contribution in [1.82, 2.24) is 14.8 Å². The molecular formula is C20H32N4O2. The number of hydrogen-bond acceptors (Lipinski definition) is 5. The van der Waals surface area contributed by atoms with Crippen LogP contribution in [0.4, 0.5) is 10.6 Å². The largest absolute Gasteiger partial charge is 0.444 e. The van der Waals surface area contributed by atoms with Gasteiger partial charge in [0, 0.05) is 51.5 Å². The summed E-state index contributed by atoms with van der Waals surface area (Å²) in [5.74, 6) is 1.08. The number of nitrogens with zero attached hydrogens (tertiary/aromatic N) is 4. The molecule has 1 aromatic heterocycles. The molecule has 2 fully saturated rings. The Kier molecular flexibility index (Phi) is 5.70. The first-order valence-corrected chi connectivity index (χ1v) is 9.71. The molecule has 0 aliphatic carbocycles. The van der Waals surface area contributed by atoms with Gasteiger partial charge in [-0.2, -0.15) is 0 Å². The molecule has 0 saturated carbocycles. The molecule has 0 spiro atoms. The van der Waals surface area contributed by atoms with Crippen LogP contribution in [0.2, 0.25) is 0 Å². The minimum atomic E-state index is -0.431. The van der Waals surface area contributed by atoms with E-state index in [0.717, 1.165) is 45.1 Å². The molecule has 1 amide bonds. The lowest BCUT2D eigenvalue weighted by Crippen LogP contribution is -2.56. The van der Waals surface area contributed by atoms with Gasteiger partial charge in [-0.3, -0.25) is 4.90 Å². The van der Waals surface area contributed by atoms with Crippen molar-refractivity contribution >= 4 is 11.9 Å². The Balaban J connectivity index is 1.52. The molecule has 1 aromatic rings. The number of anilines is 1. The lowest BCUT2D eigenvalue weighted by molar-refractivity contribution is 0.00958. The van der Waals surface area contributed by atoms with Gasteiger partial charge in [0.1, 0.15) is 11.4 Å². The number of pyridine rings is 1. The molecule has 6 nitrogen and oxygen atoms in total. The van der Waals surface area contributed by atoms with Gasteiger partial charge in [-0.1, -0.05) is 6.07 Å². The van der Waals surface area contributed by atoms with E-state index in [1.54, 1.807) is 0 Å². The third kappa shape index (κ3) is 4.87. The normalized spacial score (nSPS) is 22.4. The number of carbonyl (C=O) groups is 1. The third-order valence-electron chi connectivity index (χ3n) is 5.10. The Hall–Kier alpha value is -1.82. The van der Waals surface area contributed by atoms with Crippen LogP contribution in [-0.4, -0.2) is 71.8 Å². The predicted molar refractivity (Wildman–Crippen MR) is 104 cm³/mol. The molecule has 2 aliphatic rings. The third-order valence-corrected chi connectivity index (χ3v) is 5.10. The van der Waals surface area contributed by atoms with Crippen molar-refractivity contribution in [2.75, 3.05) is 44.2 Å². The van der Waals surface area contributed by atoms with Gasteiger partial charge in [0.25, 0.3) is 0 Å². The van der Waals surface area contributed by atoms with Gasteiger partial charge in [-0.25, -0.2) is 9.78 Å². The van der Waals surface area contributed by atoms with Gasteiger partial charge in [0.2, 0.25) is 0 Å². The van der Waals surface area contributed by atoms with E-state index in [1.165, 1.54) is 18.4 Å². The molecule has 26 heavy (non-hydrogen) atoms. The molecule has 2 saturated heterocycles. The van der Waals surface area contributed by atoms with E-state index < -0.39 is 5.60 Å². The van der Waals surface area contributed by atoms with Crippen LogP contribution in [0, 0.1) is 6.92 Å². The number of aryl methyl sites for hydroxylation is 1. The summed E-state index contributed by atoms with van der Waals surface area (Å²) in [4.78, 5) is 23.6. The number of hydrogen-bond donors (Lipinski definition) is 0. The summed E-state index contributed by atoms with van der Waals surface area (Å²) in [6.45, 7) is 13.2. The quantitative estimate of drug-likeness (QED) is 0.812. The van der Waals surface area contributed by atoms with E-state index in [9.17, 15) is 4.79 Å². The SMILES string of the molecule is Cc1ccc(N2CCCC(N3CCN(C(=O)OC(C)(C)C)CC3)C2)nc1.